The maximum Gasteiger partial charge on any atom is 0.326 e. The Morgan fingerprint density at radius 2 is 1.70 bits per heavy atom. The third kappa shape index (κ3) is 4.14. The van der Waals surface area contributed by atoms with Gasteiger partial charge in [-0.05, 0) is 47.2 Å². The van der Waals surface area contributed by atoms with Gasteiger partial charge in [0.05, 0.1) is 16.5 Å². The summed E-state index contributed by atoms with van der Waals surface area (Å²) in [5.41, 5.74) is 0.354. The van der Waals surface area contributed by atoms with E-state index in [1.54, 1.807) is 12.1 Å². The van der Waals surface area contributed by atoms with E-state index in [0.717, 1.165) is 15.1 Å². The Labute approximate surface area is 157 Å². The molecule has 3 rings (SSSR count). The van der Waals surface area contributed by atoms with Crippen molar-refractivity contribution >= 4 is 26.8 Å². The molecule has 0 amide bonds. The van der Waals surface area contributed by atoms with E-state index in [2.05, 4.69) is 0 Å². The van der Waals surface area contributed by atoms with Crippen molar-refractivity contribution in [3.63, 3.8) is 0 Å². The van der Waals surface area contributed by atoms with Crippen LogP contribution in [0.25, 0.3) is 10.8 Å². The topological polar surface area (TPSA) is 87.5 Å². The Morgan fingerprint density at radius 1 is 1.04 bits per heavy atom. The van der Waals surface area contributed by atoms with Crippen molar-refractivity contribution < 1.29 is 17.9 Å². The monoisotopic (exact) mass is 380 g/mol. The van der Waals surface area contributed by atoms with Gasteiger partial charge in [-0.25, -0.2) is 8.42 Å². The number of esters is 1. The van der Waals surface area contributed by atoms with E-state index in [0.29, 0.717) is 11.3 Å². The van der Waals surface area contributed by atoms with E-state index in [9.17, 15) is 13.2 Å². The average molecular weight is 380 g/mol. The lowest BCUT2D eigenvalue weighted by Crippen LogP contribution is -2.34. The van der Waals surface area contributed by atoms with Gasteiger partial charge < -0.3 is 4.74 Å². The molecule has 0 aromatic heterocycles. The van der Waals surface area contributed by atoms with Gasteiger partial charge in [0.25, 0.3) is 0 Å². The summed E-state index contributed by atoms with van der Waals surface area (Å²) in [6, 6.07) is 20.3. The van der Waals surface area contributed by atoms with Crippen LogP contribution >= 0.6 is 0 Å². The van der Waals surface area contributed by atoms with Crippen LogP contribution in [-0.2, 0) is 14.8 Å². The first kappa shape index (κ1) is 18.6. The minimum Gasteiger partial charge on any atom is -0.426 e. The molecule has 0 bridgehead atoms. The summed E-state index contributed by atoms with van der Waals surface area (Å²) in [6.45, 7) is -0.435. The molecule has 0 heterocycles. The normalized spacial score (nSPS) is 11.3. The molecular weight excluding hydrogens is 364 g/mol. The number of sulfonamides is 1. The van der Waals surface area contributed by atoms with Gasteiger partial charge in [-0.1, -0.05) is 30.3 Å². The molecule has 0 saturated heterocycles. The molecule has 6 nitrogen and oxygen atoms in total. The number of fused-ring (bicyclic) bond motifs is 1. The molecule has 27 heavy (non-hydrogen) atoms. The average Bonchev–Trinajstić information content (AvgIpc) is 2.67. The molecule has 0 aliphatic carbocycles. The highest BCUT2D eigenvalue weighted by molar-refractivity contribution is 7.89. The quantitative estimate of drug-likeness (QED) is 0.502. The van der Waals surface area contributed by atoms with E-state index in [1.807, 2.05) is 36.4 Å². The predicted octanol–water partition coefficient (Wildman–Crippen LogP) is 2.94. The molecule has 0 spiro atoms. The first-order valence-electron chi connectivity index (χ1n) is 8.06. The van der Waals surface area contributed by atoms with Gasteiger partial charge in [0.1, 0.15) is 12.3 Å². The maximum absolute atomic E-state index is 12.5. The van der Waals surface area contributed by atoms with Gasteiger partial charge in [0.2, 0.25) is 10.0 Å². The number of ether oxygens (including phenoxy) is 1. The molecule has 0 unspecified atom stereocenters. The fraction of sp³-hybridized carbons (Fsp3) is 0.100. The predicted molar refractivity (Wildman–Crippen MR) is 101 cm³/mol. The Balaban J connectivity index is 1.71. The van der Waals surface area contributed by atoms with E-state index >= 15 is 0 Å². The molecule has 7 heteroatoms. The molecule has 0 saturated carbocycles. The molecule has 136 valence electrons. The zero-order chi connectivity index (χ0) is 19.4. The number of rotatable bonds is 5. The van der Waals surface area contributed by atoms with E-state index in [-0.39, 0.29) is 4.90 Å². The van der Waals surface area contributed by atoms with Gasteiger partial charge in [-0.3, -0.25) is 4.79 Å². The van der Waals surface area contributed by atoms with Crippen molar-refractivity contribution in [2.24, 2.45) is 0 Å². The first-order valence-corrected chi connectivity index (χ1v) is 9.50. The molecule has 3 aromatic rings. The lowest BCUT2D eigenvalue weighted by Gasteiger charge is -2.16. The van der Waals surface area contributed by atoms with Crippen molar-refractivity contribution in [1.29, 1.82) is 5.26 Å². The van der Waals surface area contributed by atoms with Crippen LogP contribution < -0.4 is 4.74 Å². The lowest BCUT2D eigenvalue weighted by molar-refractivity contribution is -0.134. The SMILES string of the molecule is CN(CC(=O)Oc1ccc2ccccc2c1)S(=O)(=O)c1ccc(C#N)cc1. The van der Waals surface area contributed by atoms with Crippen LogP contribution in [0.1, 0.15) is 5.56 Å². The zero-order valence-electron chi connectivity index (χ0n) is 14.5. The second-order valence-electron chi connectivity index (χ2n) is 5.88. The van der Waals surface area contributed by atoms with Crippen LogP contribution in [0, 0.1) is 11.3 Å². The summed E-state index contributed by atoms with van der Waals surface area (Å²) in [7, 11) is -2.56. The van der Waals surface area contributed by atoms with Crippen LogP contribution in [-0.4, -0.2) is 32.3 Å². The van der Waals surface area contributed by atoms with Crippen LogP contribution in [0.4, 0.5) is 0 Å². The molecule has 0 N–H and O–H groups in total. The van der Waals surface area contributed by atoms with Gasteiger partial charge >= 0.3 is 5.97 Å². The summed E-state index contributed by atoms with van der Waals surface area (Å²) in [4.78, 5) is 12.2. The Bertz CT molecular complexity index is 1130. The van der Waals surface area contributed by atoms with Crippen LogP contribution in [0.3, 0.4) is 0 Å². The molecule has 3 aromatic carbocycles. The van der Waals surface area contributed by atoms with Crippen molar-refractivity contribution in [2.75, 3.05) is 13.6 Å². The number of carbonyl (C=O) groups is 1. The number of benzene rings is 3. The lowest BCUT2D eigenvalue weighted by atomic mass is 10.1. The van der Waals surface area contributed by atoms with Crippen molar-refractivity contribution in [2.45, 2.75) is 4.90 Å². The van der Waals surface area contributed by atoms with Crippen molar-refractivity contribution in [3.05, 3.63) is 72.3 Å². The van der Waals surface area contributed by atoms with Crippen molar-refractivity contribution in [3.8, 4) is 11.8 Å². The number of hydrogen-bond acceptors (Lipinski definition) is 5. The summed E-state index contributed by atoms with van der Waals surface area (Å²) in [6.07, 6.45) is 0. The number of likely N-dealkylation sites (N-methyl/N-ethyl adjacent to an activating group) is 1. The van der Waals surface area contributed by atoms with Crippen LogP contribution in [0.15, 0.2) is 71.6 Å². The van der Waals surface area contributed by atoms with E-state index in [4.69, 9.17) is 10.00 Å². The van der Waals surface area contributed by atoms with Gasteiger partial charge in [-0.2, -0.15) is 9.57 Å². The highest BCUT2D eigenvalue weighted by atomic mass is 32.2. The maximum atomic E-state index is 12.5. The molecule has 0 radical (unpaired) electrons. The van der Waals surface area contributed by atoms with E-state index in [1.165, 1.54) is 31.3 Å². The molecule has 0 aliphatic heterocycles. The number of nitriles is 1. The van der Waals surface area contributed by atoms with Crippen LogP contribution in [0.5, 0.6) is 5.75 Å². The number of hydrogen-bond donors (Lipinski definition) is 0. The summed E-state index contributed by atoms with van der Waals surface area (Å²) >= 11 is 0. The van der Waals surface area contributed by atoms with Crippen LogP contribution in [0.2, 0.25) is 0 Å². The largest absolute Gasteiger partial charge is 0.426 e. The Hall–Kier alpha value is -3.21. The molecule has 0 fully saturated rings. The summed E-state index contributed by atoms with van der Waals surface area (Å²) < 4.78 is 31.2. The molecule has 0 atom stereocenters. The Morgan fingerprint density at radius 3 is 2.37 bits per heavy atom. The zero-order valence-corrected chi connectivity index (χ0v) is 15.3. The van der Waals surface area contributed by atoms with Gasteiger partial charge in [-0.15, -0.1) is 0 Å². The first-order chi connectivity index (χ1) is 12.9. The number of carbonyl (C=O) groups excluding carboxylic acids is 1. The minimum atomic E-state index is -3.86. The second-order valence-corrected chi connectivity index (χ2v) is 7.93. The standard InChI is InChI=1S/C20H16N2O4S/c1-22(27(24,25)19-10-6-15(13-21)7-11-19)14-20(23)26-18-9-8-16-4-2-3-5-17(16)12-18/h2-12H,14H2,1H3. The highest BCUT2D eigenvalue weighted by Crippen LogP contribution is 2.21. The van der Waals surface area contributed by atoms with Crippen molar-refractivity contribution in [1.82, 2.24) is 4.31 Å². The minimum absolute atomic E-state index is 0.00232. The third-order valence-corrected chi connectivity index (χ3v) is 5.81. The van der Waals surface area contributed by atoms with E-state index < -0.39 is 22.5 Å². The summed E-state index contributed by atoms with van der Waals surface area (Å²) in [5.74, 6) is -0.340. The van der Waals surface area contributed by atoms with Gasteiger partial charge in [0.15, 0.2) is 0 Å². The smallest absolute Gasteiger partial charge is 0.326 e. The Kier molecular flexibility index (Phi) is 5.21. The fourth-order valence-electron chi connectivity index (χ4n) is 2.54. The molecular formula is C20H16N2O4S. The number of nitrogens with zero attached hydrogens (tertiary/aromatic N) is 2. The second kappa shape index (κ2) is 7.58. The van der Waals surface area contributed by atoms with Gasteiger partial charge in [0, 0.05) is 7.05 Å². The highest BCUT2D eigenvalue weighted by Gasteiger charge is 2.23. The third-order valence-electron chi connectivity index (χ3n) is 4.00. The fourth-order valence-corrected chi connectivity index (χ4v) is 3.66. The molecule has 0 aliphatic rings. The summed E-state index contributed by atoms with van der Waals surface area (Å²) in [5, 5.41) is 10.7.